The first kappa shape index (κ1) is 8.95. The van der Waals surface area contributed by atoms with Crippen molar-refractivity contribution in [3.8, 4) is 0 Å². The molecule has 0 aromatic carbocycles. The summed E-state index contributed by atoms with van der Waals surface area (Å²) >= 11 is 0. The maximum atomic E-state index is 4.40. The van der Waals surface area contributed by atoms with Crippen molar-refractivity contribution in [3.63, 3.8) is 0 Å². The van der Waals surface area contributed by atoms with Crippen molar-refractivity contribution in [1.29, 1.82) is 0 Å². The fraction of sp³-hybridized carbons (Fsp3) is 0.727. The van der Waals surface area contributed by atoms with E-state index in [4.69, 9.17) is 0 Å². The monoisotopic (exact) mass is 178 g/mol. The standard InChI is InChI=1S/C11H18N2/c1-9-2-3-11(8-13-9)10-4-6-12-7-5-10/h2,8,10-12H,3-7H2,1H3. The van der Waals surface area contributed by atoms with Gasteiger partial charge in [0, 0.05) is 17.8 Å². The molecule has 2 rings (SSSR count). The molecule has 1 N–H and O–H groups in total. The molecule has 0 aliphatic carbocycles. The molecule has 0 spiro atoms. The third-order valence-electron chi connectivity index (χ3n) is 3.14. The van der Waals surface area contributed by atoms with Gasteiger partial charge in [-0.2, -0.15) is 0 Å². The van der Waals surface area contributed by atoms with Crippen LogP contribution in [-0.4, -0.2) is 19.3 Å². The Kier molecular flexibility index (Phi) is 2.79. The Morgan fingerprint density at radius 1 is 1.38 bits per heavy atom. The number of hydrogen-bond acceptors (Lipinski definition) is 2. The molecule has 0 amide bonds. The van der Waals surface area contributed by atoms with Crippen molar-refractivity contribution in [1.82, 2.24) is 5.32 Å². The van der Waals surface area contributed by atoms with Crippen molar-refractivity contribution >= 4 is 6.21 Å². The molecule has 2 aliphatic rings. The van der Waals surface area contributed by atoms with Crippen LogP contribution in [-0.2, 0) is 0 Å². The summed E-state index contributed by atoms with van der Waals surface area (Å²) in [5, 5.41) is 3.40. The minimum absolute atomic E-state index is 0.714. The molecule has 1 saturated heterocycles. The summed E-state index contributed by atoms with van der Waals surface area (Å²) in [4.78, 5) is 4.40. The lowest BCUT2D eigenvalue weighted by molar-refractivity contribution is 0.315. The molecule has 1 atom stereocenters. The number of aliphatic imine (C=N–C) groups is 1. The lowest BCUT2D eigenvalue weighted by atomic mass is 9.82. The van der Waals surface area contributed by atoms with E-state index in [1.165, 1.54) is 38.0 Å². The Hall–Kier alpha value is -0.630. The van der Waals surface area contributed by atoms with E-state index in [9.17, 15) is 0 Å². The van der Waals surface area contributed by atoms with E-state index < -0.39 is 0 Å². The molecule has 0 aromatic heterocycles. The second-order valence-corrected chi connectivity index (χ2v) is 4.11. The zero-order chi connectivity index (χ0) is 9.10. The van der Waals surface area contributed by atoms with Gasteiger partial charge in [0.25, 0.3) is 0 Å². The summed E-state index contributed by atoms with van der Waals surface area (Å²) in [7, 11) is 0. The zero-order valence-electron chi connectivity index (χ0n) is 8.29. The fourth-order valence-corrected chi connectivity index (χ4v) is 2.22. The molecular formula is C11H18N2. The third kappa shape index (κ3) is 2.19. The van der Waals surface area contributed by atoms with Crippen LogP contribution in [0.1, 0.15) is 26.2 Å². The first-order valence-corrected chi connectivity index (χ1v) is 5.28. The minimum atomic E-state index is 0.714. The number of nitrogens with one attached hydrogen (secondary N) is 1. The Bertz CT molecular complexity index is 224. The van der Waals surface area contributed by atoms with Crippen LogP contribution in [0.15, 0.2) is 16.8 Å². The van der Waals surface area contributed by atoms with E-state index >= 15 is 0 Å². The summed E-state index contributed by atoms with van der Waals surface area (Å²) < 4.78 is 0. The van der Waals surface area contributed by atoms with Gasteiger partial charge in [-0.1, -0.05) is 6.08 Å². The Morgan fingerprint density at radius 3 is 2.77 bits per heavy atom. The van der Waals surface area contributed by atoms with Gasteiger partial charge in [-0.15, -0.1) is 0 Å². The van der Waals surface area contributed by atoms with Crippen LogP contribution in [0, 0.1) is 11.8 Å². The zero-order valence-corrected chi connectivity index (χ0v) is 8.29. The van der Waals surface area contributed by atoms with E-state index in [0.29, 0.717) is 5.92 Å². The highest BCUT2D eigenvalue weighted by molar-refractivity contribution is 5.64. The molecule has 1 fully saturated rings. The van der Waals surface area contributed by atoms with E-state index in [0.717, 1.165) is 5.92 Å². The highest BCUT2D eigenvalue weighted by Crippen LogP contribution is 2.26. The molecule has 1 unspecified atom stereocenters. The molecule has 0 aromatic rings. The van der Waals surface area contributed by atoms with Crippen LogP contribution in [0.25, 0.3) is 0 Å². The number of nitrogens with zero attached hydrogens (tertiary/aromatic N) is 1. The maximum absolute atomic E-state index is 4.40. The topological polar surface area (TPSA) is 24.4 Å². The van der Waals surface area contributed by atoms with Gasteiger partial charge in [0.2, 0.25) is 0 Å². The van der Waals surface area contributed by atoms with E-state index in [1.807, 2.05) is 0 Å². The van der Waals surface area contributed by atoms with Gasteiger partial charge in [-0.05, 0) is 45.2 Å². The lowest BCUT2D eigenvalue weighted by Gasteiger charge is -2.28. The molecule has 0 saturated carbocycles. The number of hydrogen-bond donors (Lipinski definition) is 1. The quantitative estimate of drug-likeness (QED) is 0.652. The second kappa shape index (κ2) is 4.05. The highest BCUT2D eigenvalue weighted by Gasteiger charge is 2.22. The van der Waals surface area contributed by atoms with Gasteiger partial charge >= 0.3 is 0 Å². The summed E-state index contributed by atoms with van der Waals surface area (Å²) in [6.45, 7) is 4.46. The summed E-state index contributed by atoms with van der Waals surface area (Å²) in [5.41, 5.74) is 1.19. The van der Waals surface area contributed by atoms with Crippen LogP contribution in [0.4, 0.5) is 0 Å². The van der Waals surface area contributed by atoms with Crippen molar-refractivity contribution in [2.75, 3.05) is 13.1 Å². The van der Waals surface area contributed by atoms with Gasteiger partial charge in [0.05, 0.1) is 0 Å². The second-order valence-electron chi connectivity index (χ2n) is 4.11. The predicted molar refractivity (Wildman–Crippen MR) is 55.9 cm³/mol. The summed E-state index contributed by atoms with van der Waals surface area (Å²) in [5.74, 6) is 1.58. The largest absolute Gasteiger partial charge is 0.317 e. The average molecular weight is 178 g/mol. The summed E-state index contributed by atoms with van der Waals surface area (Å²) in [6.07, 6.45) is 8.30. The molecule has 2 heterocycles. The van der Waals surface area contributed by atoms with Crippen molar-refractivity contribution < 1.29 is 0 Å². The Morgan fingerprint density at radius 2 is 2.15 bits per heavy atom. The normalized spacial score (nSPS) is 30.2. The van der Waals surface area contributed by atoms with Crippen molar-refractivity contribution in [2.24, 2.45) is 16.8 Å². The molecule has 0 bridgehead atoms. The van der Waals surface area contributed by atoms with E-state index in [1.54, 1.807) is 0 Å². The molecule has 2 aliphatic heterocycles. The van der Waals surface area contributed by atoms with Crippen LogP contribution >= 0.6 is 0 Å². The first-order chi connectivity index (χ1) is 6.36. The van der Waals surface area contributed by atoms with Crippen LogP contribution in [0.2, 0.25) is 0 Å². The molecular weight excluding hydrogens is 160 g/mol. The fourth-order valence-electron chi connectivity index (χ4n) is 2.22. The van der Waals surface area contributed by atoms with E-state index in [2.05, 4.69) is 29.5 Å². The Labute approximate surface area is 80.1 Å². The number of allylic oxidation sites excluding steroid dienone is 2. The highest BCUT2D eigenvalue weighted by atomic mass is 14.9. The van der Waals surface area contributed by atoms with E-state index in [-0.39, 0.29) is 0 Å². The molecule has 0 radical (unpaired) electrons. The Balaban J connectivity index is 1.91. The van der Waals surface area contributed by atoms with Crippen LogP contribution in [0.5, 0.6) is 0 Å². The summed E-state index contributed by atoms with van der Waals surface area (Å²) in [6, 6.07) is 0. The van der Waals surface area contributed by atoms with Crippen molar-refractivity contribution in [3.05, 3.63) is 11.8 Å². The third-order valence-corrected chi connectivity index (χ3v) is 3.14. The van der Waals surface area contributed by atoms with Gasteiger partial charge < -0.3 is 5.32 Å². The van der Waals surface area contributed by atoms with Gasteiger partial charge in [0.1, 0.15) is 0 Å². The average Bonchev–Trinajstić information content (AvgIpc) is 2.20. The first-order valence-electron chi connectivity index (χ1n) is 5.28. The molecule has 2 nitrogen and oxygen atoms in total. The van der Waals surface area contributed by atoms with Crippen LogP contribution < -0.4 is 5.32 Å². The number of rotatable bonds is 1. The van der Waals surface area contributed by atoms with Crippen molar-refractivity contribution in [2.45, 2.75) is 26.2 Å². The SMILES string of the molecule is CC1=CCC(C2CCNCC2)C=N1. The lowest BCUT2D eigenvalue weighted by Crippen LogP contribution is -2.32. The number of piperidine rings is 1. The smallest absolute Gasteiger partial charge is 0.0329 e. The van der Waals surface area contributed by atoms with Gasteiger partial charge in [-0.3, -0.25) is 4.99 Å². The molecule has 2 heteroatoms. The minimum Gasteiger partial charge on any atom is -0.317 e. The molecule has 72 valence electrons. The predicted octanol–water partition coefficient (Wildman–Crippen LogP) is 1.98. The maximum Gasteiger partial charge on any atom is 0.0329 e. The molecule has 13 heavy (non-hydrogen) atoms. The van der Waals surface area contributed by atoms with Gasteiger partial charge in [-0.25, -0.2) is 0 Å². The van der Waals surface area contributed by atoms with Crippen LogP contribution in [0.3, 0.4) is 0 Å². The van der Waals surface area contributed by atoms with Gasteiger partial charge in [0.15, 0.2) is 0 Å².